The molecule has 0 aliphatic carbocycles. The highest BCUT2D eigenvalue weighted by atomic mass is 127. The molecule has 0 saturated heterocycles. The van der Waals surface area contributed by atoms with Gasteiger partial charge in [0.2, 0.25) is 5.91 Å². The standard InChI is InChI=1S/C7H13IN2O2/c1-3-5(11)7(9)10(8)6(12)4-2/h7H,3-4,9H2,1-2H3. The van der Waals surface area contributed by atoms with Gasteiger partial charge in [-0.3, -0.25) is 12.7 Å². The molecule has 0 rings (SSSR count). The summed E-state index contributed by atoms with van der Waals surface area (Å²) in [5.41, 5.74) is 5.50. The molecule has 2 N–H and O–H groups in total. The topological polar surface area (TPSA) is 63.4 Å². The van der Waals surface area contributed by atoms with Gasteiger partial charge in [0.25, 0.3) is 0 Å². The van der Waals surface area contributed by atoms with Gasteiger partial charge in [-0.2, -0.15) is 0 Å². The van der Waals surface area contributed by atoms with Gasteiger partial charge >= 0.3 is 0 Å². The van der Waals surface area contributed by atoms with Crippen LogP contribution in [-0.2, 0) is 9.59 Å². The number of Topliss-reactive ketones (excluding diaryl/α,β-unsaturated/α-hetero) is 1. The predicted molar refractivity (Wildman–Crippen MR) is 54.4 cm³/mol. The summed E-state index contributed by atoms with van der Waals surface area (Å²) in [7, 11) is 0. The average molecular weight is 284 g/mol. The fourth-order valence-corrected chi connectivity index (χ4v) is 1.29. The highest BCUT2D eigenvalue weighted by molar-refractivity contribution is 14.1. The lowest BCUT2D eigenvalue weighted by Crippen LogP contribution is -2.44. The summed E-state index contributed by atoms with van der Waals surface area (Å²) in [5, 5.41) is 0. The predicted octanol–water partition coefficient (Wildman–Crippen LogP) is 0.839. The zero-order valence-corrected chi connectivity index (χ0v) is 9.37. The SMILES string of the molecule is CCC(=O)C(N)N(I)C(=O)CC. The minimum atomic E-state index is -0.789. The lowest BCUT2D eigenvalue weighted by molar-refractivity contribution is -0.132. The van der Waals surface area contributed by atoms with E-state index in [9.17, 15) is 9.59 Å². The number of nitrogens with two attached hydrogens (primary N) is 1. The number of rotatable bonds is 4. The largest absolute Gasteiger partial charge is 0.304 e. The maximum absolute atomic E-state index is 11.1. The molecule has 5 heteroatoms. The van der Waals surface area contributed by atoms with Crippen molar-refractivity contribution in [3.8, 4) is 0 Å². The van der Waals surface area contributed by atoms with E-state index in [1.54, 1.807) is 36.7 Å². The van der Waals surface area contributed by atoms with E-state index in [4.69, 9.17) is 5.73 Å². The Labute approximate surface area is 86.0 Å². The van der Waals surface area contributed by atoms with Gasteiger partial charge in [0, 0.05) is 12.8 Å². The first-order chi connectivity index (χ1) is 5.54. The van der Waals surface area contributed by atoms with Crippen LogP contribution in [0.25, 0.3) is 0 Å². The van der Waals surface area contributed by atoms with E-state index < -0.39 is 6.17 Å². The molecule has 0 fully saturated rings. The van der Waals surface area contributed by atoms with Gasteiger partial charge in [0.1, 0.15) is 6.17 Å². The molecule has 0 heterocycles. The van der Waals surface area contributed by atoms with Gasteiger partial charge in [-0.25, -0.2) is 0 Å². The van der Waals surface area contributed by atoms with E-state index >= 15 is 0 Å². The molecule has 4 nitrogen and oxygen atoms in total. The third kappa shape index (κ3) is 3.06. The molecule has 0 aromatic heterocycles. The van der Waals surface area contributed by atoms with E-state index in [2.05, 4.69) is 0 Å². The summed E-state index contributed by atoms with van der Waals surface area (Å²) in [6.07, 6.45) is -0.0614. The first-order valence-electron chi connectivity index (χ1n) is 3.80. The van der Waals surface area contributed by atoms with Crippen molar-refractivity contribution in [1.82, 2.24) is 3.11 Å². The van der Waals surface area contributed by atoms with Crippen molar-refractivity contribution < 1.29 is 9.59 Å². The number of amides is 1. The van der Waals surface area contributed by atoms with E-state index in [0.717, 1.165) is 0 Å². The minimum absolute atomic E-state index is 0.119. The van der Waals surface area contributed by atoms with Gasteiger partial charge in [0.15, 0.2) is 5.78 Å². The smallest absolute Gasteiger partial charge is 0.232 e. The molecule has 12 heavy (non-hydrogen) atoms. The number of nitrogens with zero attached hydrogens (tertiary/aromatic N) is 1. The Morgan fingerprint density at radius 3 is 2.25 bits per heavy atom. The third-order valence-electron chi connectivity index (χ3n) is 1.46. The Morgan fingerprint density at radius 2 is 1.92 bits per heavy atom. The van der Waals surface area contributed by atoms with Crippen molar-refractivity contribution >= 4 is 34.6 Å². The van der Waals surface area contributed by atoms with Gasteiger partial charge in [-0.05, 0) is 0 Å². The molecule has 0 bridgehead atoms. The molecule has 0 aromatic rings. The van der Waals surface area contributed by atoms with Gasteiger partial charge in [-0.15, -0.1) is 0 Å². The first kappa shape index (κ1) is 11.8. The number of hydrogen-bond donors (Lipinski definition) is 1. The molecule has 0 radical (unpaired) electrons. The second kappa shape index (κ2) is 5.47. The molecule has 1 unspecified atom stereocenters. The fraction of sp³-hybridized carbons (Fsp3) is 0.714. The molecule has 1 amide bonds. The van der Waals surface area contributed by atoms with Crippen molar-refractivity contribution in [1.29, 1.82) is 0 Å². The van der Waals surface area contributed by atoms with Crippen LogP contribution in [0.2, 0.25) is 0 Å². The molecule has 70 valence electrons. The molecule has 0 saturated carbocycles. The maximum Gasteiger partial charge on any atom is 0.232 e. The summed E-state index contributed by atoms with van der Waals surface area (Å²) >= 11 is 1.77. The van der Waals surface area contributed by atoms with Crippen LogP contribution in [0.1, 0.15) is 26.7 Å². The van der Waals surface area contributed by atoms with Crippen LogP contribution in [0.4, 0.5) is 0 Å². The van der Waals surface area contributed by atoms with E-state index in [-0.39, 0.29) is 11.7 Å². The van der Waals surface area contributed by atoms with Crippen LogP contribution in [0, 0.1) is 0 Å². The maximum atomic E-state index is 11.1. The Kier molecular flexibility index (Phi) is 5.39. The van der Waals surface area contributed by atoms with E-state index in [0.29, 0.717) is 12.8 Å². The number of halogens is 1. The summed E-state index contributed by atoms with van der Waals surface area (Å²) in [6, 6.07) is 0. The van der Waals surface area contributed by atoms with Crippen molar-refractivity contribution in [2.45, 2.75) is 32.9 Å². The van der Waals surface area contributed by atoms with Crippen LogP contribution in [0.5, 0.6) is 0 Å². The van der Waals surface area contributed by atoms with E-state index in [1.807, 2.05) is 0 Å². The van der Waals surface area contributed by atoms with Gasteiger partial charge < -0.3 is 5.73 Å². The molecular weight excluding hydrogens is 271 g/mol. The Morgan fingerprint density at radius 1 is 1.42 bits per heavy atom. The zero-order valence-electron chi connectivity index (χ0n) is 7.21. The normalized spacial score (nSPS) is 12.3. The minimum Gasteiger partial charge on any atom is -0.304 e. The monoisotopic (exact) mass is 284 g/mol. The highest BCUT2D eigenvalue weighted by Crippen LogP contribution is 2.07. The van der Waals surface area contributed by atoms with E-state index in [1.165, 1.54) is 3.11 Å². The lowest BCUT2D eigenvalue weighted by Gasteiger charge is -2.19. The summed E-state index contributed by atoms with van der Waals surface area (Å²) < 4.78 is 1.25. The molecule has 0 aliphatic heterocycles. The van der Waals surface area contributed by atoms with Crippen molar-refractivity contribution in [3.63, 3.8) is 0 Å². The molecule has 0 spiro atoms. The number of carbonyl (C=O) groups is 2. The van der Waals surface area contributed by atoms with Gasteiger partial charge in [0.05, 0.1) is 22.9 Å². The summed E-state index contributed by atoms with van der Waals surface area (Å²) in [5.74, 6) is -0.240. The molecule has 0 aromatic carbocycles. The fourth-order valence-electron chi connectivity index (χ4n) is 0.642. The Hall–Kier alpha value is -0.170. The van der Waals surface area contributed by atoms with Crippen molar-refractivity contribution in [3.05, 3.63) is 0 Å². The molecule has 1 atom stereocenters. The van der Waals surface area contributed by atoms with Crippen molar-refractivity contribution in [2.75, 3.05) is 0 Å². The summed E-state index contributed by atoms with van der Waals surface area (Å²) in [4.78, 5) is 22.1. The number of carbonyl (C=O) groups excluding carboxylic acids is 2. The van der Waals surface area contributed by atoms with Crippen LogP contribution in [-0.4, -0.2) is 21.0 Å². The van der Waals surface area contributed by atoms with Crippen LogP contribution >= 0.6 is 22.9 Å². The quantitative estimate of drug-likeness (QED) is 0.472. The molecule has 0 aliphatic rings. The third-order valence-corrected chi connectivity index (χ3v) is 2.60. The summed E-state index contributed by atoms with van der Waals surface area (Å²) in [6.45, 7) is 3.46. The highest BCUT2D eigenvalue weighted by Gasteiger charge is 2.21. The lowest BCUT2D eigenvalue weighted by atomic mass is 10.2. The second-order valence-corrected chi connectivity index (χ2v) is 3.36. The van der Waals surface area contributed by atoms with Gasteiger partial charge in [-0.1, -0.05) is 13.8 Å². The zero-order chi connectivity index (χ0) is 9.72. The van der Waals surface area contributed by atoms with Crippen LogP contribution in [0.3, 0.4) is 0 Å². The Bertz CT molecular complexity index is 164. The second-order valence-electron chi connectivity index (χ2n) is 2.32. The molecular formula is C7H13IN2O2. The van der Waals surface area contributed by atoms with Crippen LogP contribution < -0.4 is 5.73 Å². The number of ketones is 1. The first-order valence-corrected chi connectivity index (χ1v) is 4.77. The average Bonchev–Trinajstić information content (AvgIpc) is 2.12. The number of hydrogen-bond acceptors (Lipinski definition) is 3. The Balaban J connectivity index is 4.18. The van der Waals surface area contributed by atoms with Crippen LogP contribution in [0.15, 0.2) is 0 Å². The van der Waals surface area contributed by atoms with Crippen molar-refractivity contribution in [2.24, 2.45) is 5.73 Å².